The fourth-order valence-electron chi connectivity index (χ4n) is 5.64. The Bertz CT molecular complexity index is 1410. The molecule has 0 spiro atoms. The van der Waals surface area contributed by atoms with Crippen molar-refractivity contribution in [2.75, 3.05) is 0 Å². The third-order valence-electron chi connectivity index (χ3n) is 7.16. The fourth-order valence-corrected chi connectivity index (χ4v) is 5.64. The van der Waals surface area contributed by atoms with Crippen molar-refractivity contribution >= 4 is 63.1 Å². The number of nitrogens with zero attached hydrogens (tertiary/aromatic N) is 6. The highest BCUT2D eigenvalue weighted by atomic mass is 32.1. The zero-order valence-corrected chi connectivity index (χ0v) is 22.3. The summed E-state index contributed by atoms with van der Waals surface area (Å²) in [5.74, 6) is -1.02. The van der Waals surface area contributed by atoms with Gasteiger partial charge in [-0.1, -0.05) is 0 Å². The van der Waals surface area contributed by atoms with Crippen molar-refractivity contribution in [3.63, 3.8) is 0 Å². The van der Waals surface area contributed by atoms with Crippen LogP contribution in [0.5, 0.6) is 0 Å². The van der Waals surface area contributed by atoms with E-state index in [1.165, 1.54) is 23.0 Å². The summed E-state index contributed by atoms with van der Waals surface area (Å²) >= 11 is 0. The van der Waals surface area contributed by atoms with E-state index in [1.807, 2.05) is 19.3 Å². The Labute approximate surface area is 226 Å². The van der Waals surface area contributed by atoms with E-state index in [4.69, 9.17) is 0 Å². The Morgan fingerprint density at radius 3 is 2.58 bits per heavy atom. The van der Waals surface area contributed by atoms with Gasteiger partial charge in [-0.05, 0) is 49.9 Å². The van der Waals surface area contributed by atoms with E-state index >= 15 is 4.39 Å². The van der Waals surface area contributed by atoms with Gasteiger partial charge in [-0.25, -0.2) is 22.7 Å². The van der Waals surface area contributed by atoms with E-state index in [9.17, 15) is 13.6 Å². The van der Waals surface area contributed by atoms with Gasteiger partial charge >= 0.3 is 0 Å². The number of aromatic nitrogens is 5. The standard InChI is InChI=1S/C23H21F3N6O.3H2S/c1-30-7-6-12-8-15(16(24)9-19(12)30)22(33)31-13-2-4-14(18(31)5-3-13)20-10-17(21(25)26)29-23-27-11-28-32(20)23;;;/h6-11,13-14,18,21H,2-5H2,1H3;3*1H2/t13-,14-,18-;;;/m0.../s1. The van der Waals surface area contributed by atoms with Crippen molar-refractivity contribution in [2.45, 2.75) is 50.1 Å². The quantitative estimate of drug-likeness (QED) is 0.371. The summed E-state index contributed by atoms with van der Waals surface area (Å²) in [7, 11) is 1.83. The number of aryl methyl sites for hydroxylation is 1. The van der Waals surface area contributed by atoms with Crippen molar-refractivity contribution in [3.05, 3.63) is 59.6 Å². The van der Waals surface area contributed by atoms with Gasteiger partial charge in [0.1, 0.15) is 17.8 Å². The number of carbonyl (C=O) groups is 1. The number of amides is 1. The van der Waals surface area contributed by atoms with Crippen molar-refractivity contribution in [3.8, 4) is 0 Å². The van der Waals surface area contributed by atoms with Crippen LogP contribution in [0.3, 0.4) is 0 Å². The lowest BCUT2D eigenvalue weighted by atomic mass is 9.86. The first kappa shape index (κ1) is 28.2. The summed E-state index contributed by atoms with van der Waals surface area (Å²) < 4.78 is 45.3. The van der Waals surface area contributed by atoms with Gasteiger partial charge in [0, 0.05) is 36.6 Å². The van der Waals surface area contributed by atoms with Crippen LogP contribution in [-0.2, 0) is 7.05 Å². The van der Waals surface area contributed by atoms with Gasteiger partial charge in [0.15, 0.2) is 0 Å². The predicted octanol–water partition coefficient (Wildman–Crippen LogP) is 4.58. The number of alkyl halides is 2. The monoisotopic (exact) mass is 556 g/mol. The first-order valence-corrected chi connectivity index (χ1v) is 11.0. The highest BCUT2D eigenvalue weighted by Crippen LogP contribution is 2.45. The van der Waals surface area contributed by atoms with Crippen LogP contribution in [-0.4, -0.2) is 47.0 Å². The molecule has 1 amide bonds. The Morgan fingerprint density at radius 1 is 1.08 bits per heavy atom. The highest BCUT2D eigenvalue weighted by molar-refractivity contribution is 7.59. The molecular weight excluding hydrogens is 529 g/mol. The Kier molecular flexibility index (Phi) is 8.26. The third-order valence-corrected chi connectivity index (χ3v) is 7.16. The van der Waals surface area contributed by atoms with Crippen LogP contribution in [0.4, 0.5) is 13.2 Å². The molecule has 0 radical (unpaired) electrons. The van der Waals surface area contributed by atoms with Gasteiger partial charge in [0.25, 0.3) is 18.1 Å². The Balaban J connectivity index is 0.00000120. The molecule has 2 aliphatic heterocycles. The predicted molar refractivity (Wildman–Crippen MR) is 145 cm³/mol. The molecule has 0 unspecified atom stereocenters. The smallest absolute Gasteiger partial charge is 0.280 e. The van der Waals surface area contributed by atoms with Gasteiger partial charge in [0.2, 0.25) is 0 Å². The lowest BCUT2D eigenvalue weighted by Gasteiger charge is -2.40. The van der Waals surface area contributed by atoms with Crippen LogP contribution >= 0.6 is 40.5 Å². The second kappa shape index (κ2) is 10.5. The maximum atomic E-state index is 15.0. The SMILES string of the molecule is Cn1ccc2cc(C(=O)N3[C@H]4CC[C@H](c5cc(C(F)F)nc6ncnn56)[C@@H]3CC4)c(F)cc21.S.S.S. The summed E-state index contributed by atoms with van der Waals surface area (Å²) in [4.78, 5) is 23.3. The molecule has 2 fully saturated rings. The van der Waals surface area contributed by atoms with Gasteiger partial charge in [-0.2, -0.15) is 50.6 Å². The topological polar surface area (TPSA) is 68.3 Å². The van der Waals surface area contributed by atoms with Crippen molar-refractivity contribution in [1.29, 1.82) is 0 Å². The van der Waals surface area contributed by atoms with Crippen molar-refractivity contribution in [1.82, 2.24) is 29.0 Å². The average molecular weight is 557 g/mol. The van der Waals surface area contributed by atoms with Gasteiger partial charge in [0.05, 0.1) is 16.8 Å². The van der Waals surface area contributed by atoms with Gasteiger partial charge in [-0.15, -0.1) is 0 Å². The number of hydrogen-bond donors (Lipinski definition) is 0. The third kappa shape index (κ3) is 4.34. The van der Waals surface area contributed by atoms with E-state index in [-0.39, 0.29) is 81.4 Å². The Morgan fingerprint density at radius 2 is 1.83 bits per heavy atom. The molecule has 194 valence electrons. The molecule has 2 bridgehead atoms. The number of halogens is 3. The molecule has 0 saturated carbocycles. The first-order chi connectivity index (χ1) is 15.9. The van der Waals surface area contributed by atoms with Crippen LogP contribution < -0.4 is 0 Å². The number of benzene rings is 1. The minimum Gasteiger partial charge on any atom is -0.350 e. The molecule has 7 nitrogen and oxygen atoms in total. The second-order valence-electron chi connectivity index (χ2n) is 8.89. The van der Waals surface area contributed by atoms with E-state index in [1.54, 1.807) is 15.5 Å². The van der Waals surface area contributed by atoms with Crippen LogP contribution in [0, 0.1) is 5.82 Å². The largest absolute Gasteiger partial charge is 0.350 e. The summed E-state index contributed by atoms with van der Waals surface area (Å²) in [6.45, 7) is 0. The molecule has 5 heterocycles. The molecule has 3 atom stereocenters. The first-order valence-electron chi connectivity index (χ1n) is 11.0. The molecule has 1 aromatic carbocycles. The minimum absolute atomic E-state index is 0. The van der Waals surface area contributed by atoms with Gasteiger partial charge in [-0.3, -0.25) is 4.79 Å². The van der Waals surface area contributed by atoms with Gasteiger partial charge < -0.3 is 9.47 Å². The van der Waals surface area contributed by atoms with E-state index in [2.05, 4.69) is 15.1 Å². The van der Waals surface area contributed by atoms with Crippen LogP contribution in [0.1, 0.15) is 59.8 Å². The molecule has 2 saturated heterocycles. The molecule has 2 aliphatic rings. The lowest BCUT2D eigenvalue weighted by Crippen LogP contribution is -2.48. The van der Waals surface area contributed by atoms with Crippen molar-refractivity contribution < 1.29 is 18.0 Å². The Hall–Kier alpha value is -2.38. The molecule has 4 aromatic rings. The summed E-state index contributed by atoms with van der Waals surface area (Å²) in [5, 5.41) is 4.98. The maximum Gasteiger partial charge on any atom is 0.280 e. The minimum atomic E-state index is -2.74. The number of fused-ring (bicyclic) bond motifs is 4. The number of hydrogen-bond acceptors (Lipinski definition) is 4. The van der Waals surface area contributed by atoms with E-state index in [0.717, 1.165) is 24.6 Å². The molecule has 13 heteroatoms. The molecule has 6 rings (SSSR count). The highest BCUT2D eigenvalue weighted by Gasteiger charge is 2.47. The normalized spacial score (nSPS) is 20.8. The second-order valence-corrected chi connectivity index (χ2v) is 8.89. The fraction of sp³-hybridized carbons (Fsp3) is 0.391. The average Bonchev–Trinajstić information content (AvgIpc) is 3.49. The maximum absolute atomic E-state index is 15.0. The summed E-state index contributed by atoms with van der Waals surface area (Å²) in [5.41, 5.74) is 0.965. The van der Waals surface area contributed by atoms with Crippen LogP contribution in [0.15, 0.2) is 36.8 Å². The molecule has 36 heavy (non-hydrogen) atoms. The lowest BCUT2D eigenvalue weighted by molar-refractivity contribution is 0.0549. The summed E-state index contributed by atoms with van der Waals surface area (Å²) in [6, 6.07) is 5.99. The number of carbonyl (C=O) groups excluding carboxylic acids is 1. The van der Waals surface area contributed by atoms with Crippen LogP contribution in [0.2, 0.25) is 0 Å². The molecule has 3 aromatic heterocycles. The molecular formula is C23H27F3N6OS3. The summed E-state index contributed by atoms with van der Waals surface area (Å²) in [6.07, 6.45) is 3.33. The molecule has 0 aliphatic carbocycles. The van der Waals surface area contributed by atoms with Crippen molar-refractivity contribution in [2.24, 2.45) is 7.05 Å². The zero-order chi connectivity index (χ0) is 22.9. The zero-order valence-electron chi connectivity index (χ0n) is 19.3. The van der Waals surface area contributed by atoms with E-state index < -0.39 is 12.2 Å². The number of piperidine rings is 1. The molecule has 0 N–H and O–H groups in total. The van der Waals surface area contributed by atoms with E-state index in [0.29, 0.717) is 17.6 Å². The van der Waals surface area contributed by atoms with Crippen LogP contribution in [0.25, 0.3) is 16.7 Å². The number of rotatable bonds is 3.